The molecule has 1 N–H and O–H groups in total. The number of likely N-dealkylation sites (tertiary alicyclic amines) is 1. The number of amides is 5. The monoisotopic (exact) mass is 790 g/mol. The highest BCUT2D eigenvalue weighted by Crippen LogP contribution is 2.40. The van der Waals surface area contributed by atoms with E-state index in [4.69, 9.17) is 16.0 Å². The zero-order valence-electron chi connectivity index (χ0n) is 31.5. The second kappa shape index (κ2) is 15.5. The van der Waals surface area contributed by atoms with E-state index in [-0.39, 0.29) is 59.8 Å². The van der Waals surface area contributed by atoms with Gasteiger partial charge in [0.05, 0.1) is 11.3 Å². The summed E-state index contributed by atoms with van der Waals surface area (Å²) >= 11 is 6.43. The second-order valence-electron chi connectivity index (χ2n) is 15.0. The maximum atomic E-state index is 16.5. The van der Waals surface area contributed by atoms with Crippen LogP contribution in [0.5, 0.6) is 0 Å². The van der Waals surface area contributed by atoms with Gasteiger partial charge in [-0.05, 0) is 65.4 Å². The summed E-state index contributed by atoms with van der Waals surface area (Å²) in [5.74, 6) is -2.39. The summed E-state index contributed by atoms with van der Waals surface area (Å²) in [6, 6.07) is 17.7. The molecule has 2 saturated heterocycles. The van der Waals surface area contributed by atoms with Crippen molar-refractivity contribution < 1.29 is 32.8 Å². The molecule has 2 aromatic heterocycles. The number of carbonyl (C=O) groups excluding carboxylic acids is 5. The normalized spacial score (nSPS) is 17.3. The highest BCUT2D eigenvalue weighted by atomic mass is 35.5. The molecule has 1 unspecified atom stereocenters. The fourth-order valence-corrected chi connectivity index (χ4v) is 8.06. The lowest BCUT2D eigenvalue weighted by Gasteiger charge is -2.40. The molecule has 3 aliphatic heterocycles. The number of aromatic nitrogens is 2. The second-order valence-corrected chi connectivity index (χ2v) is 15.4. The number of carbonyl (C=O) groups is 5. The molecule has 12 nitrogen and oxygen atoms in total. The Kier molecular flexibility index (Phi) is 10.3. The first-order valence-electron chi connectivity index (χ1n) is 18.9. The first kappa shape index (κ1) is 37.8. The van der Waals surface area contributed by atoms with E-state index < -0.39 is 23.5 Å². The summed E-state index contributed by atoms with van der Waals surface area (Å²) in [4.78, 5) is 68.7. The summed E-state index contributed by atoms with van der Waals surface area (Å²) in [6.07, 6.45) is 6.81. The summed E-state index contributed by atoms with van der Waals surface area (Å²) < 4.78 is 24.3. The van der Waals surface area contributed by atoms with E-state index in [9.17, 15) is 24.0 Å². The van der Waals surface area contributed by atoms with Crippen molar-refractivity contribution in [3.63, 3.8) is 0 Å². The van der Waals surface area contributed by atoms with Crippen LogP contribution < -0.4 is 5.32 Å². The van der Waals surface area contributed by atoms with E-state index in [1.807, 2.05) is 30.3 Å². The van der Waals surface area contributed by atoms with Gasteiger partial charge < -0.3 is 19.1 Å². The molecule has 57 heavy (non-hydrogen) atoms. The van der Waals surface area contributed by atoms with Crippen LogP contribution in [0.3, 0.4) is 0 Å². The van der Waals surface area contributed by atoms with Crippen molar-refractivity contribution >= 4 is 57.7 Å². The molecular weight excluding hydrogens is 751 g/mol. The van der Waals surface area contributed by atoms with E-state index in [0.29, 0.717) is 71.9 Å². The molecule has 5 heterocycles. The number of piperidine rings is 1. The summed E-state index contributed by atoms with van der Waals surface area (Å²) in [7, 11) is 3.20. The van der Waals surface area contributed by atoms with Gasteiger partial charge in [0.15, 0.2) is 5.76 Å². The van der Waals surface area contributed by atoms with Gasteiger partial charge in [0.25, 0.3) is 11.8 Å². The molecule has 0 radical (unpaired) electrons. The quantitative estimate of drug-likeness (QED) is 0.174. The molecule has 2 fully saturated rings. The number of benzene rings is 3. The van der Waals surface area contributed by atoms with Crippen LogP contribution in [-0.4, -0.2) is 94.3 Å². The molecule has 14 heteroatoms. The Bertz CT molecular complexity index is 2450. The van der Waals surface area contributed by atoms with Gasteiger partial charge >= 0.3 is 0 Å². The molecule has 0 saturated carbocycles. The maximum absolute atomic E-state index is 16.5. The topological polar surface area (TPSA) is 138 Å². The van der Waals surface area contributed by atoms with Crippen molar-refractivity contribution in [3.8, 4) is 11.1 Å². The highest BCUT2D eigenvalue weighted by molar-refractivity contribution is 6.32. The molecular formula is C43H40ClFN6O6. The van der Waals surface area contributed by atoms with Gasteiger partial charge in [-0.2, -0.15) is 5.10 Å². The molecule has 3 aromatic carbocycles. The minimum absolute atomic E-state index is 0.0149. The Morgan fingerprint density at radius 1 is 1.02 bits per heavy atom. The highest BCUT2D eigenvalue weighted by Gasteiger charge is 2.35. The van der Waals surface area contributed by atoms with Gasteiger partial charge in [-0.3, -0.25) is 34.0 Å². The SMILES string of the molecule is CN(C)C(=O)c1cc2c(F)c(C3=CCCN(C(=O)CCn4cccn4)C3)cc(-c3ccc(C4CN(C(=O)c5ccc(Cl)c(C6CCC(=O)NC6=O)c5)C4)cc3)c2o1. The smallest absolute Gasteiger partial charge is 0.289 e. The van der Waals surface area contributed by atoms with Crippen LogP contribution in [-0.2, 0) is 20.9 Å². The largest absolute Gasteiger partial charge is 0.450 e. The van der Waals surface area contributed by atoms with Gasteiger partial charge in [-0.15, -0.1) is 0 Å². The number of rotatable bonds is 9. The van der Waals surface area contributed by atoms with Crippen molar-refractivity contribution in [2.75, 3.05) is 40.3 Å². The lowest BCUT2D eigenvalue weighted by atomic mass is 9.87. The van der Waals surface area contributed by atoms with E-state index >= 15 is 4.39 Å². The van der Waals surface area contributed by atoms with Gasteiger partial charge in [0, 0.05) is 106 Å². The lowest BCUT2D eigenvalue weighted by molar-refractivity contribution is -0.134. The number of nitrogens with zero attached hydrogens (tertiary/aromatic N) is 5. The molecule has 292 valence electrons. The Labute approximate surface area is 332 Å². The van der Waals surface area contributed by atoms with Crippen LogP contribution in [0, 0.1) is 5.82 Å². The number of halogens is 2. The standard InChI is InChI=1S/C43H40ClFN6O6/c1-48(2)43(56)36-21-34-39(45)31(28-5-3-16-49(22-28)38(53)14-18-51-17-4-15-46-51)20-32(40(34)57-36)26-8-6-25(7-9-26)29-23-50(24-29)42(55)27-10-12-35(44)33(19-27)30-11-13-37(52)47-41(30)54/h4-10,12,15,17,19-21,29-30H,3,11,13-14,16,18,22-24H2,1-2H3,(H,47,52,54). The van der Waals surface area contributed by atoms with E-state index in [1.54, 1.807) is 71.3 Å². The minimum Gasteiger partial charge on any atom is -0.450 e. The van der Waals surface area contributed by atoms with E-state index in [0.717, 1.165) is 11.1 Å². The Hall–Kier alpha value is -6.08. The van der Waals surface area contributed by atoms with Crippen molar-refractivity contribution in [2.24, 2.45) is 0 Å². The Morgan fingerprint density at radius 3 is 2.53 bits per heavy atom. The fourth-order valence-electron chi connectivity index (χ4n) is 7.81. The van der Waals surface area contributed by atoms with Crippen LogP contribution in [0.15, 0.2) is 83.6 Å². The third-order valence-corrected chi connectivity index (χ3v) is 11.4. The van der Waals surface area contributed by atoms with Gasteiger partial charge in [-0.25, -0.2) is 4.39 Å². The van der Waals surface area contributed by atoms with Gasteiger partial charge in [0.1, 0.15) is 11.4 Å². The van der Waals surface area contributed by atoms with Crippen molar-refractivity contribution in [1.29, 1.82) is 0 Å². The third kappa shape index (κ3) is 7.46. The van der Waals surface area contributed by atoms with Gasteiger partial charge in [0.2, 0.25) is 17.7 Å². The first-order chi connectivity index (χ1) is 27.4. The number of hydrogen-bond donors (Lipinski definition) is 1. The maximum Gasteiger partial charge on any atom is 0.289 e. The predicted molar refractivity (Wildman–Crippen MR) is 211 cm³/mol. The molecule has 0 spiro atoms. The van der Waals surface area contributed by atoms with Crippen molar-refractivity contribution in [2.45, 2.75) is 44.1 Å². The molecule has 3 aliphatic rings. The number of fused-ring (bicyclic) bond motifs is 1. The molecule has 0 bridgehead atoms. The Balaban J connectivity index is 1.02. The predicted octanol–water partition coefficient (Wildman–Crippen LogP) is 6.26. The summed E-state index contributed by atoms with van der Waals surface area (Å²) in [6.45, 7) is 2.19. The van der Waals surface area contributed by atoms with Crippen molar-refractivity contribution in [1.82, 2.24) is 29.8 Å². The van der Waals surface area contributed by atoms with Gasteiger partial charge in [-0.1, -0.05) is 41.9 Å². The van der Waals surface area contributed by atoms with E-state index in [1.165, 1.54) is 11.0 Å². The molecule has 0 aliphatic carbocycles. The third-order valence-electron chi connectivity index (χ3n) is 11.0. The average molecular weight is 791 g/mol. The van der Waals surface area contributed by atoms with Crippen LogP contribution in [0.1, 0.15) is 75.1 Å². The molecule has 5 amide bonds. The molecule has 8 rings (SSSR count). The minimum atomic E-state index is -0.605. The van der Waals surface area contributed by atoms with Crippen molar-refractivity contribution in [3.05, 3.63) is 118 Å². The van der Waals surface area contributed by atoms with Crippen LogP contribution >= 0.6 is 11.6 Å². The zero-order valence-corrected chi connectivity index (χ0v) is 32.2. The number of imide groups is 1. The van der Waals surface area contributed by atoms with Crippen LogP contribution in [0.25, 0.3) is 27.7 Å². The number of furan rings is 1. The average Bonchev–Trinajstić information content (AvgIpc) is 3.88. The molecule has 1 atom stereocenters. The van der Waals surface area contributed by atoms with Crippen LogP contribution in [0.2, 0.25) is 5.02 Å². The molecule has 5 aromatic rings. The summed E-state index contributed by atoms with van der Waals surface area (Å²) in [5.41, 5.74) is 4.59. The summed E-state index contributed by atoms with van der Waals surface area (Å²) in [5, 5.41) is 7.08. The number of aryl methyl sites for hydroxylation is 1. The Morgan fingerprint density at radius 2 is 1.81 bits per heavy atom. The zero-order chi connectivity index (χ0) is 40.0. The number of hydrogen-bond acceptors (Lipinski definition) is 7. The van der Waals surface area contributed by atoms with E-state index in [2.05, 4.69) is 10.4 Å². The lowest BCUT2D eigenvalue weighted by Crippen LogP contribution is -2.48. The first-order valence-corrected chi connectivity index (χ1v) is 19.3. The van der Waals surface area contributed by atoms with Crippen LogP contribution in [0.4, 0.5) is 4.39 Å². The fraction of sp³-hybridized carbons (Fsp3) is 0.302. The number of nitrogens with one attached hydrogen (secondary N) is 1.